The summed E-state index contributed by atoms with van der Waals surface area (Å²) in [5, 5.41) is 13.6. The molecule has 2 heterocycles. The summed E-state index contributed by atoms with van der Waals surface area (Å²) < 4.78 is 27.5. The van der Waals surface area contributed by atoms with E-state index in [0.717, 1.165) is 12.1 Å². The number of rotatable bonds is 3. The largest absolute Gasteiger partial charge is 0.396 e. The third kappa shape index (κ3) is 3.01. The van der Waals surface area contributed by atoms with E-state index >= 15 is 0 Å². The molecule has 2 fully saturated rings. The van der Waals surface area contributed by atoms with Gasteiger partial charge in [0, 0.05) is 30.1 Å². The van der Waals surface area contributed by atoms with E-state index in [9.17, 15) is 13.5 Å². The quantitative estimate of drug-likeness (QED) is 0.834. The summed E-state index contributed by atoms with van der Waals surface area (Å²) in [5.74, 6) is 0.168. The zero-order chi connectivity index (χ0) is 16.1. The molecule has 5 nitrogen and oxygen atoms in total. The Labute approximate surface area is 148 Å². The fourth-order valence-electron chi connectivity index (χ4n) is 3.55. The van der Waals surface area contributed by atoms with E-state index in [1.807, 2.05) is 0 Å². The summed E-state index contributed by atoms with van der Waals surface area (Å²) >= 11 is 6.07. The molecule has 0 aliphatic carbocycles. The van der Waals surface area contributed by atoms with Gasteiger partial charge in [0.05, 0.1) is 11.5 Å². The Morgan fingerprint density at radius 2 is 2.09 bits per heavy atom. The van der Waals surface area contributed by atoms with Crippen LogP contribution in [0.25, 0.3) is 0 Å². The lowest BCUT2D eigenvalue weighted by Crippen LogP contribution is -2.38. The van der Waals surface area contributed by atoms with Gasteiger partial charge in [0.15, 0.2) is 0 Å². The second-order valence-corrected chi connectivity index (χ2v) is 8.83. The average Bonchev–Trinajstić information content (AvgIpc) is 3.00. The van der Waals surface area contributed by atoms with Gasteiger partial charge in [0.25, 0.3) is 0 Å². The van der Waals surface area contributed by atoms with E-state index in [0.29, 0.717) is 35.1 Å². The van der Waals surface area contributed by atoms with Crippen LogP contribution >= 0.6 is 24.0 Å². The lowest BCUT2D eigenvalue weighted by molar-refractivity contribution is 0.130. The third-order valence-corrected chi connectivity index (χ3v) is 7.40. The molecule has 0 aromatic heterocycles. The number of benzene rings is 1. The fourth-order valence-corrected chi connectivity index (χ4v) is 5.64. The molecule has 8 heteroatoms. The second kappa shape index (κ2) is 6.50. The maximum Gasteiger partial charge on any atom is 0.243 e. The SMILES string of the molecule is Cc1cc(S(=O)(=O)N2CC3CNCC3(CO)C2)c(C)cc1Cl.Cl. The Morgan fingerprint density at radius 1 is 1.39 bits per heavy atom. The number of hydrogen-bond acceptors (Lipinski definition) is 4. The number of fused-ring (bicyclic) bond motifs is 1. The van der Waals surface area contributed by atoms with Gasteiger partial charge in [-0.15, -0.1) is 12.4 Å². The minimum absolute atomic E-state index is 0. The summed E-state index contributed by atoms with van der Waals surface area (Å²) in [6.07, 6.45) is 0. The highest BCUT2D eigenvalue weighted by atomic mass is 35.5. The van der Waals surface area contributed by atoms with Gasteiger partial charge in [0.2, 0.25) is 10.0 Å². The first-order valence-electron chi connectivity index (χ1n) is 7.39. The molecule has 23 heavy (non-hydrogen) atoms. The first kappa shape index (κ1) is 19.0. The molecule has 130 valence electrons. The van der Waals surface area contributed by atoms with Crippen LogP contribution < -0.4 is 5.32 Å². The zero-order valence-corrected chi connectivity index (χ0v) is 15.6. The number of hydrogen-bond donors (Lipinski definition) is 2. The Hall–Kier alpha value is -0.370. The van der Waals surface area contributed by atoms with E-state index in [1.54, 1.807) is 26.0 Å². The van der Waals surface area contributed by atoms with Crippen LogP contribution in [0.15, 0.2) is 17.0 Å². The molecule has 2 aliphatic rings. The molecule has 2 unspecified atom stereocenters. The molecule has 2 N–H and O–H groups in total. The van der Waals surface area contributed by atoms with Crippen LogP contribution in [-0.4, -0.2) is 50.6 Å². The molecule has 2 atom stereocenters. The van der Waals surface area contributed by atoms with Crippen LogP contribution in [0.5, 0.6) is 0 Å². The van der Waals surface area contributed by atoms with Gasteiger partial charge < -0.3 is 10.4 Å². The van der Waals surface area contributed by atoms with Crippen molar-refractivity contribution < 1.29 is 13.5 Å². The van der Waals surface area contributed by atoms with Crippen molar-refractivity contribution in [2.75, 3.05) is 32.8 Å². The fraction of sp³-hybridized carbons (Fsp3) is 0.600. The van der Waals surface area contributed by atoms with Gasteiger partial charge in [0.1, 0.15) is 0 Å². The van der Waals surface area contributed by atoms with Gasteiger partial charge >= 0.3 is 0 Å². The summed E-state index contributed by atoms with van der Waals surface area (Å²) in [4.78, 5) is 0.315. The number of nitrogens with one attached hydrogen (secondary N) is 1. The van der Waals surface area contributed by atoms with Crippen LogP contribution in [0.2, 0.25) is 5.02 Å². The average molecular weight is 381 g/mol. The van der Waals surface area contributed by atoms with Crippen molar-refractivity contribution >= 4 is 34.0 Å². The molecule has 1 aromatic carbocycles. The Morgan fingerprint density at radius 3 is 2.70 bits per heavy atom. The Kier molecular flexibility index (Phi) is 5.36. The molecule has 1 aromatic rings. The smallest absolute Gasteiger partial charge is 0.243 e. The minimum Gasteiger partial charge on any atom is -0.396 e. The van der Waals surface area contributed by atoms with Gasteiger partial charge in [-0.25, -0.2) is 8.42 Å². The highest BCUT2D eigenvalue weighted by Gasteiger charge is 2.52. The van der Waals surface area contributed by atoms with Crippen molar-refractivity contribution in [2.24, 2.45) is 11.3 Å². The molecule has 3 rings (SSSR count). The highest BCUT2D eigenvalue weighted by Crippen LogP contribution is 2.41. The molecule has 0 radical (unpaired) electrons. The second-order valence-electron chi connectivity index (χ2n) is 6.51. The first-order valence-corrected chi connectivity index (χ1v) is 9.20. The summed E-state index contributed by atoms with van der Waals surface area (Å²) in [6, 6.07) is 3.34. The summed E-state index contributed by atoms with van der Waals surface area (Å²) in [6.45, 7) is 5.82. The Balaban J connectivity index is 0.00000192. The van der Waals surface area contributed by atoms with Crippen molar-refractivity contribution in [1.29, 1.82) is 0 Å². The lowest BCUT2D eigenvalue weighted by atomic mass is 9.82. The molecule has 0 saturated carbocycles. The maximum atomic E-state index is 13.0. The predicted octanol–water partition coefficient (Wildman–Crippen LogP) is 1.58. The minimum atomic E-state index is -3.56. The van der Waals surface area contributed by atoms with Crippen LogP contribution in [-0.2, 0) is 10.0 Å². The lowest BCUT2D eigenvalue weighted by Gasteiger charge is -2.25. The number of halogens is 2. The molecule has 0 spiro atoms. The van der Waals surface area contributed by atoms with E-state index < -0.39 is 10.0 Å². The van der Waals surface area contributed by atoms with E-state index in [2.05, 4.69) is 5.32 Å². The summed E-state index contributed by atoms with van der Waals surface area (Å²) in [5.41, 5.74) is 1.07. The standard InChI is InChI=1S/C15H21ClN2O3S.ClH/c1-10-4-14(11(2)3-13(10)16)22(20,21)18-6-12-5-17-7-15(12,8-18)9-19;/h3-4,12,17,19H,5-9H2,1-2H3;1H. The van der Waals surface area contributed by atoms with Gasteiger partial charge in [-0.2, -0.15) is 4.31 Å². The van der Waals surface area contributed by atoms with Crippen molar-refractivity contribution in [3.8, 4) is 0 Å². The monoisotopic (exact) mass is 380 g/mol. The van der Waals surface area contributed by atoms with E-state index in [-0.39, 0.29) is 30.3 Å². The Bertz CT molecular complexity index is 711. The van der Waals surface area contributed by atoms with Crippen molar-refractivity contribution in [2.45, 2.75) is 18.7 Å². The van der Waals surface area contributed by atoms with Crippen molar-refractivity contribution in [3.05, 3.63) is 28.3 Å². The van der Waals surface area contributed by atoms with Gasteiger partial charge in [-0.1, -0.05) is 11.6 Å². The zero-order valence-electron chi connectivity index (χ0n) is 13.2. The van der Waals surface area contributed by atoms with Crippen LogP contribution in [0.1, 0.15) is 11.1 Å². The molecule has 2 saturated heterocycles. The van der Waals surface area contributed by atoms with E-state index in [1.165, 1.54) is 4.31 Å². The number of aliphatic hydroxyl groups excluding tert-OH is 1. The van der Waals surface area contributed by atoms with E-state index in [4.69, 9.17) is 11.6 Å². The normalized spacial score (nSPS) is 27.7. The molecular formula is C15H22Cl2N2O3S. The van der Waals surface area contributed by atoms with Crippen molar-refractivity contribution in [1.82, 2.24) is 9.62 Å². The number of nitrogens with zero attached hydrogens (tertiary/aromatic N) is 1. The maximum absolute atomic E-state index is 13.0. The van der Waals surface area contributed by atoms with Gasteiger partial charge in [-0.3, -0.25) is 0 Å². The number of sulfonamides is 1. The number of aliphatic hydroxyl groups is 1. The number of aryl methyl sites for hydroxylation is 2. The predicted molar refractivity (Wildman–Crippen MR) is 92.8 cm³/mol. The summed E-state index contributed by atoms with van der Waals surface area (Å²) in [7, 11) is -3.56. The van der Waals surface area contributed by atoms with Crippen molar-refractivity contribution in [3.63, 3.8) is 0 Å². The van der Waals surface area contributed by atoms with Crippen LogP contribution in [0, 0.1) is 25.2 Å². The molecule has 0 bridgehead atoms. The molecule has 2 aliphatic heterocycles. The first-order chi connectivity index (χ1) is 10.3. The third-order valence-electron chi connectivity index (χ3n) is 5.04. The highest BCUT2D eigenvalue weighted by molar-refractivity contribution is 7.89. The van der Waals surface area contributed by atoms with Gasteiger partial charge in [-0.05, 0) is 49.6 Å². The molecule has 0 amide bonds. The molecular weight excluding hydrogens is 359 g/mol. The van der Waals surface area contributed by atoms with Crippen LogP contribution in [0.4, 0.5) is 0 Å². The topological polar surface area (TPSA) is 69.6 Å². The van der Waals surface area contributed by atoms with Crippen LogP contribution in [0.3, 0.4) is 0 Å².